The first-order valence-corrected chi connectivity index (χ1v) is 8.84. The SMILES string of the molecule is Cc1nc2ccccc2c(C(=O)OCC(=O)Nc2cccc(Cl)c2C)c1C. The van der Waals surface area contributed by atoms with Gasteiger partial charge in [-0.15, -0.1) is 0 Å². The van der Waals surface area contributed by atoms with Crippen LogP contribution in [0.4, 0.5) is 5.69 Å². The number of carbonyl (C=O) groups is 2. The number of carbonyl (C=O) groups excluding carboxylic acids is 2. The topological polar surface area (TPSA) is 68.3 Å². The third-order valence-corrected chi connectivity index (χ3v) is 4.87. The Bertz CT molecular complexity index is 1050. The Hall–Kier alpha value is -2.92. The normalized spacial score (nSPS) is 10.7. The summed E-state index contributed by atoms with van der Waals surface area (Å²) >= 11 is 6.05. The third kappa shape index (κ3) is 3.93. The van der Waals surface area contributed by atoms with Crippen molar-refractivity contribution in [3.63, 3.8) is 0 Å². The number of anilines is 1. The minimum absolute atomic E-state index is 0.389. The molecule has 3 rings (SSSR count). The molecule has 0 saturated carbocycles. The Morgan fingerprint density at radius 3 is 2.56 bits per heavy atom. The fourth-order valence-electron chi connectivity index (χ4n) is 2.83. The van der Waals surface area contributed by atoms with Gasteiger partial charge < -0.3 is 10.1 Å². The zero-order valence-electron chi connectivity index (χ0n) is 15.3. The smallest absolute Gasteiger partial charge is 0.339 e. The number of hydrogen-bond acceptors (Lipinski definition) is 4. The number of esters is 1. The van der Waals surface area contributed by atoms with Crippen LogP contribution in [-0.4, -0.2) is 23.5 Å². The molecule has 1 aromatic heterocycles. The second-order valence-electron chi connectivity index (χ2n) is 6.25. The van der Waals surface area contributed by atoms with Crippen LogP contribution in [0.25, 0.3) is 10.9 Å². The number of aryl methyl sites for hydroxylation is 1. The molecule has 0 radical (unpaired) electrons. The van der Waals surface area contributed by atoms with Crippen LogP contribution in [0.2, 0.25) is 5.02 Å². The molecule has 1 heterocycles. The molecule has 1 amide bonds. The first-order valence-electron chi connectivity index (χ1n) is 8.46. The van der Waals surface area contributed by atoms with E-state index >= 15 is 0 Å². The minimum atomic E-state index is -0.549. The summed E-state index contributed by atoms with van der Waals surface area (Å²) in [5.74, 6) is -0.978. The van der Waals surface area contributed by atoms with Crippen LogP contribution in [-0.2, 0) is 9.53 Å². The molecular weight excluding hydrogens is 364 g/mol. The van der Waals surface area contributed by atoms with Crippen molar-refractivity contribution in [2.24, 2.45) is 0 Å². The van der Waals surface area contributed by atoms with Crippen molar-refractivity contribution in [2.45, 2.75) is 20.8 Å². The molecule has 0 saturated heterocycles. The van der Waals surface area contributed by atoms with Crippen molar-refractivity contribution < 1.29 is 14.3 Å². The molecule has 2 aromatic carbocycles. The van der Waals surface area contributed by atoms with E-state index in [1.54, 1.807) is 25.1 Å². The summed E-state index contributed by atoms with van der Waals surface area (Å²) in [6.07, 6.45) is 0. The maximum Gasteiger partial charge on any atom is 0.339 e. The van der Waals surface area contributed by atoms with Crippen LogP contribution < -0.4 is 5.32 Å². The zero-order valence-corrected chi connectivity index (χ0v) is 16.1. The lowest BCUT2D eigenvalue weighted by Crippen LogP contribution is -2.22. The van der Waals surface area contributed by atoms with E-state index in [-0.39, 0.29) is 6.61 Å². The van der Waals surface area contributed by atoms with Crippen molar-refractivity contribution in [2.75, 3.05) is 11.9 Å². The highest BCUT2D eigenvalue weighted by molar-refractivity contribution is 6.31. The van der Waals surface area contributed by atoms with Gasteiger partial charge in [-0.05, 0) is 50.1 Å². The van der Waals surface area contributed by atoms with Gasteiger partial charge in [0.25, 0.3) is 5.91 Å². The average Bonchev–Trinajstić information content (AvgIpc) is 2.64. The van der Waals surface area contributed by atoms with E-state index < -0.39 is 11.9 Å². The van der Waals surface area contributed by atoms with Gasteiger partial charge >= 0.3 is 5.97 Å². The molecule has 0 fully saturated rings. The quantitative estimate of drug-likeness (QED) is 0.669. The van der Waals surface area contributed by atoms with E-state index in [0.29, 0.717) is 27.2 Å². The fraction of sp³-hybridized carbons (Fsp3) is 0.190. The number of halogens is 1. The van der Waals surface area contributed by atoms with E-state index in [0.717, 1.165) is 16.8 Å². The minimum Gasteiger partial charge on any atom is -0.452 e. The maximum absolute atomic E-state index is 12.7. The largest absolute Gasteiger partial charge is 0.452 e. The van der Waals surface area contributed by atoms with Crippen molar-refractivity contribution >= 4 is 40.1 Å². The molecular formula is C21H19ClN2O3. The molecule has 0 atom stereocenters. The van der Waals surface area contributed by atoms with Crippen LogP contribution >= 0.6 is 11.6 Å². The lowest BCUT2D eigenvalue weighted by atomic mass is 10.0. The molecule has 0 spiro atoms. The standard InChI is InChI=1S/C21H19ClN2O3/c1-12-14(3)23-18-9-5-4-7-15(18)20(12)21(26)27-11-19(25)24-17-10-6-8-16(22)13(17)2/h4-10H,11H2,1-3H3,(H,24,25). The first kappa shape index (κ1) is 18.9. The number of aromatic nitrogens is 1. The molecule has 6 heteroatoms. The number of rotatable bonds is 4. The summed E-state index contributed by atoms with van der Waals surface area (Å²) in [6, 6.07) is 12.6. The summed E-state index contributed by atoms with van der Waals surface area (Å²) in [7, 11) is 0. The van der Waals surface area contributed by atoms with Gasteiger partial charge in [-0.25, -0.2) is 4.79 Å². The molecule has 1 N–H and O–H groups in total. The Balaban J connectivity index is 1.76. The van der Waals surface area contributed by atoms with Crippen molar-refractivity contribution in [3.05, 3.63) is 69.9 Å². The van der Waals surface area contributed by atoms with Gasteiger partial charge in [0, 0.05) is 21.8 Å². The number of hydrogen-bond donors (Lipinski definition) is 1. The number of amides is 1. The third-order valence-electron chi connectivity index (χ3n) is 4.46. The maximum atomic E-state index is 12.7. The molecule has 0 aliphatic carbocycles. The van der Waals surface area contributed by atoms with Crippen molar-refractivity contribution in [1.82, 2.24) is 4.98 Å². The van der Waals surface area contributed by atoms with E-state index in [4.69, 9.17) is 16.3 Å². The van der Waals surface area contributed by atoms with E-state index in [9.17, 15) is 9.59 Å². The van der Waals surface area contributed by atoms with E-state index in [2.05, 4.69) is 10.3 Å². The van der Waals surface area contributed by atoms with Crippen LogP contribution in [0, 0.1) is 20.8 Å². The number of para-hydroxylation sites is 1. The van der Waals surface area contributed by atoms with Gasteiger partial charge in [-0.3, -0.25) is 9.78 Å². The fourth-order valence-corrected chi connectivity index (χ4v) is 3.00. The van der Waals surface area contributed by atoms with Gasteiger partial charge in [0.2, 0.25) is 0 Å². The Morgan fingerprint density at radius 1 is 1.04 bits per heavy atom. The highest BCUT2D eigenvalue weighted by Gasteiger charge is 2.19. The predicted molar refractivity (Wildman–Crippen MR) is 106 cm³/mol. The van der Waals surface area contributed by atoms with Gasteiger partial charge in [0.1, 0.15) is 0 Å². The molecule has 0 unspecified atom stereocenters. The van der Waals surface area contributed by atoms with Crippen LogP contribution in [0.5, 0.6) is 0 Å². The molecule has 5 nitrogen and oxygen atoms in total. The van der Waals surface area contributed by atoms with E-state index in [1.165, 1.54) is 0 Å². The summed E-state index contributed by atoms with van der Waals surface area (Å²) in [5, 5.41) is 3.97. The Labute approximate surface area is 162 Å². The Morgan fingerprint density at radius 2 is 1.78 bits per heavy atom. The molecule has 0 aliphatic heterocycles. The first-order chi connectivity index (χ1) is 12.9. The summed E-state index contributed by atoms with van der Waals surface area (Å²) in [5.41, 5.74) is 3.98. The van der Waals surface area contributed by atoms with Crippen LogP contribution in [0.1, 0.15) is 27.2 Å². The number of benzene rings is 2. The summed E-state index contributed by atoms with van der Waals surface area (Å²) < 4.78 is 5.26. The van der Waals surface area contributed by atoms with Crippen molar-refractivity contribution in [1.29, 1.82) is 0 Å². The molecule has 0 aliphatic rings. The highest BCUT2D eigenvalue weighted by Crippen LogP contribution is 2.24. The van der Waals surface area contributed by atoms with Crippen molar-refractivity contribution in [3.8, 4) is 0 Å². The van der Waals surface area contributed by atoms with Gasteiger partial charge in [0.15, 0.2) is 6.61 Å². The number of ether oxygens (including phenoxy) is 1. The number of fused-ring (bicyclic) bond motifs is 1. The predicted octanol–water partition coefficient (Wildman–Crippen LogP) is 4.61. The second kappa shape index (κ2) is 7.76. The molecule has 138 valence electrons. The number of pyridine rings is 1. The monoisotopic (exact) mass is 382 g/mol. The molecule has 0 bridgehead atoms. The lowest BCUT2D eigenvalue weighted by molar-refractivity contribution is -0.119. The summed E-state index contributed by atoms with van der Waals surface area (Å²) in [4.78, 5) is 29.3. The molecule has 27 heavy (non-hydrogen) atoms. The second-order valence-corrected chi connectivity index (χ2v) is 6.66. The van der Waals surface area contributed by atoms with Gasteiger partial charge in [-0.2, -0.15) is 0 Å². The Kier molecular flexibility index (Phi) is 5.42. The summed E-state index contributed by atoms with van der Waals surface area (Å²) in [6.45, 7) is 5.08. The van der Waals surface area contributed by atoms with Gasteiger partial charge in [0.05, 0.1) is 11.1 Å². The number of nitrogens with one attached hydrogen (secondary N) is 1. The zero-order chi connectivity index (χ0) is 19.6. The highest BCUT2D eigenvalue weighted by atomic mass is 35.5. The number of nitrogens with zero attached hydrogens (tertiary/aromatic N) is 1. The lowest BCUT2D eigenvalue weighted by Gasteiger charge is -2.13. The van der Waals surface area contributed by atoms with Crippen LogP contribution in [0.3, 0.4) is 0 Å². The molecule has 3 aromatic rings. The average molecular weight is 383 g/mol. The van der Waals surface area contributed by atoms with Gasteiger partial charge in [-0.1, -0.05) is 35.9 Å². The van der Waals surface area contributed by atoms with Crippen LogP contribution in [0.15, 0.2) is 42.5 Å². The van der Waals surface area contributed by atoms with E-state index in [1.807, 2.05) is 38.1 Å².